The Morgan fingerprint density at radius 1 is 1.13 bits per heavy atom. The van der Waals surface area contributed by atoms with Gasteiger partial charge in [0, 0.05) is 29.2 Å². The number of hydrogen-bond acceptors (Lipinski definition) is 4. The first-order valence-electron chi connectivity index (χ1n) is 10.2. The van der Waals surface area contributed by atoms with E-state index in [1.54, 1.807) is 7.11 Å². The molecule has 3 rings (SSSR count). The van der Waals surface area contributed by atoms with E-state index in [1.807, 2.05) is 12.3 Å². The van der Waals surface area contributed by atoms with Crippen molar-refractivity contribution in [2.75, 3.05) is 20.2 Å². The van der Waals surface area contributed by atoms with Crippen molar-refractivity contribution in [3.63, 3.8) is 0 Å². The van der Waals surface area contributed by atoms with Gasteiger partial charge in [-0.25, -0.2) is 4.98 Å². The van der Waals surface area contributed by atoms with Crippen LogP contribution < -0.4 is 4.74 Å². The lowest BCUT2D eigenvalue weighted by Crippen LogP contribution is -2.28. The molecule has 1 unspecified atom stereocenters. The van der Waals surface area contributed by atoms with Crippen LogP contribution in [0.25, 0.3) is 10.6 Å². The molecule has 0 saturated carbocycles. The van der Waals surface area contributed by atoms with Gasteiger partial charge >= 0.3 is 6.18 Å². The number of benzene rings is 2. The molecule has 0 radical (unpaired) electrons. The maximum atomic E-state index is 12.8. The maximum Gasteiger partial charge on any atom is 0.416 e. The topological polar surface area (TPSA) is 25.4 Å². The van der Waals surface area contributed by atoms with Gasteiger partial charge in [0.1, 0.15) is 10.8 Å². The minimum Gasteiger partial charge on any atom is -0.497 e. The molecule has 0 saturated heterocycles. The summed E-state index contributed by atoms with van der Waals surface area (Å²) in [7, 11) is 1.67. The Kier molecular flexibility index (Phi) is 7.38. The number of halogens is 3. The van der Waals surface area contributed by atoms with Crippen molar-refractivity contribution >= 4 is 11.3 Å². The van der Waals surface area contributed by atoms with Crippen LogP contribution in [0.2, 0.25) is 0 Å². The summed E-state index contributed by atoms with van der Waals surface area (Å²) >= 11 is 1.53. The van der Waals surface area contributed by atoms with Crippen LogP contribution in [0.15, 0.2) is 48.7 Å². The Labute approximate surface area is 185 Å². The van der Waals surface area contributed by atoms with Gasteiger partial charge in [-0.3, -0.25) is 4.90 Å². The highest BCUT2D eigenvalue weighted by Crippen LogP contribution is 2.34. The number of ether oxygens (including phenoxy) is 1. The van der Waals surface area contributed by atoms with Gasteiger partial charge in [-0.2, -0.15) is 13.2 Å². The van der Waals surface area contributed by atoms with E-state index in [9.17, 15) is 13.2 Å². The molecule has 0 aliphatic carbocycles. The van der Waals surface area contributed by atoms with Crippen molar-refractivity contribution in [1.29, 1.82) is 0 Å². The molecule has 3 aromatic rings. The molecule has 0 fully saturated rings. The Morgan fingerprint density at radius 2 is 1.84 bits per heavy atom. The maximum absolute atomic E-state index is 12.8. The standard InChI is InChI=1S/C24H27F3N2OS/c1-5-29(13-12-19-14-21(30-4)11-6-16(19)2)17(3)22-15-28-23(31-22)18-7-9-20(10-8-18)24(25,26)27/h6-11,14-15,17H,5,12-13H2,1-4H3. The molecule has 2 aromatic carbocycles. The average Bonchev–Trinajstić information content (AvgIpc) is 3.25. The first-order valence-corrected chi connectivity index (χ1v) is 11.1. The molecule has 1 aromatic heterocycles. The largest absolute Gasteiger partial charge is 0.497 e. The zero-order valence-corrected chi connectivity index (χ0v) is 19.0. The first kappa shape index (κ1) is 23.3. The average molecular weight is 449 g/mol. The predicted octanol–water partition coefficient (Wildman–Crippen LogP) is 6.77. The van der Waals surface area contributed by atoms with Crippen molar-refractivity contribution < 1.29 is 17.9 Å². The van der Waals surface area contributed by atoms with Crippen LogP contribution in [0.3, 0.4) is 0 Å². The number of aryl methyl sites for hydroxylation is 1. The van der Waals surface area contributed by atoms with Crippen LogP contribution in [0.5, 0.6) is 5.75 Å². The van der Waals surface area contributed by atoms with E-state index in [0.717, 1.165) is 47.3 Å². The molecule has 1 heterocycles. The lowest BCUT2D eigenvalue weighted by Gasteiger charge is -2.27. The molecule has 31 heavy (non-hydrogen) atoms. The summed E-state index contributed by atoms with van der Waals surface area (Å²) < 4.78 is 43.7. The summed E-state index contributed by atoms with van der Waals surface area (Å²) in [5.41, 5.74) is 2.56. The Bertz CT molecular complexity index is 999. The molecule has 3 nitrogen and oxygen atoms in total. The molecule has 0 amide bonds. The number of likely N-dealkylation sites (N-methyl/N-ethyl adjacent to an activating group) is 1. The third kappa shape index (κ3) is 5.66. The third-order valence-electron chi connectivity index (χ3n) is 5.57. The number of methoxy groups -OCH3 is 1. The summed E-state index contributed by atoms with van der Waals surface area (Å²) in [6, 6.07) is 11.5. The van der Waals surface area contributed by atoms with Crippen molar-refractivity contribution in [3.05, 3.63) is 70.2 Å². The fraction of sp³-hybridized carbons (Fsp3) is 0.375. The van der Waals surface area contributed by atoms with E-state index in [4.69, 9.17) is 4.74 Å². The minimum atomic E-state index is -4.33. The number of aromatic nitrogens is 1. The molecule has 1 atom stereocenters. The van der Waals surface area contributed by atoms with Crippen LogP contribution in [0.4, 0.5) is 13.2 Å². The molecule has 0 spiro atoms. The van der Waals surface area contributed by atoms with E-state index < -0.39 is 11.7 Å². The smallest absolute Gasteiger partial charge is 0.416 e. The number of alkyl halides is 3. The molecular weight excluding hydrogens is 421 g/mol. The molecule has 0 aliphatic rings. The van der Waals surface area contributed by atoms with Crippen LogP contribution in [-0.2, 0) is 12.6 Å². The van der Waals surface area contributed by atoms with E-state index >= 15 is 0 Å². The Hall–Kier alpha value is -2.38. The quantitative estimate of drug-likeness (QED) is 0.380. The zero-order chi connectivity index (χ0) is 22.6. The van der Waals surface area contributed by atoms with E-state index in [2.05, 4.69) is 42.8 Å². The fourth-order valence-corrected chi connectivity index (χ4v) is 4.54. The molecule has 7 heteroatoms. The van der Waals surface area contributed by atoms with Crippen molar-refractivity contribution in [3.8, 4) is 16.3 Å². The van der Waals surface area contributed by atoms with Gasteiger partial charge in [0.2, 0.25) is 0 Å². The number of hydrogen-bond donors (Lipinski definition) is 0. The fourth-order valence-electron chi connectivity index (χ4n) is 3.53. The first-order chi connectivity index (χ1) is 14.7. The number of rotatable bonds is 8. The second-order valence-corrected chi connectivity index (χ2v) is 8.55. The lowest BCUT2D eigenvalue weighted by molar-refractivity contribution is -0.137. The minimum absolute atomic E-state index is 0.164. The van der Waals surface area contributed by atoms with Crippen LogP contribution in [-0.4, -0.2) is 30.1 Å². The predicted molar refractivity (Wildman–Crippen MR) is 120 cm³/mol. The summed E-state index contributed by atoms with van der Waals surface area (Å²) in [6.45, 7) is 8.16. The monoisotopic (exact) mass is 448 g/mol. The SMILES string of the molecule is CCN(CCc1cc(OC)ccc1C)C(C)c1cnc(-c2ccc(C(F)(F)F)cc2)s1. The highest BCUT2D eigenvalue weighted by Gasteiger charge is 2.30. The summed E-state index contributed by atoms with van der Waals surface area (Å²) in [6.07, 6.45) is -1.59. The number of nitrogens with zero attached hydrogens (tertiary/aromatic N) is 2. The van der Waals surface area contributed by atoms with Crippen molar-refractivity contribution in [2.45, 2.75) is 39.4 Å². The van der Waals surface area contributed by atoms with Gasteiger partial charge in [0.05, 0.1) is 12.7 Å². The van der Waals surface area contributed by atoms with Crippen LogP contribution in [0.1, 0.15) is 41.5 Å². The van der Waals surface area contributed by atoms with Crippen LogP contribution >= 0.6 is 11.3 Å². The van der Waals surface area contributed by atoms with Crippen LogP contribution in [0, 0.1) is 6.92 Å². The highest BCUT2D eigenvalue weighted by molar-refractivity contribution is 7.15. The van der Waals surface area contributed by atoms with Crippen molar-refractivity contribution in [1.82, 2.24) is 9.88 Å². The van der Waals surface area contributed by atoms with Gasteiger partial charge in [-0.05, 0) is 62.2 Å². The van der Waals surface area contributed by atoms with E-state index in [1.165, 1.54) is 34.6 Å². The lowest BCUT2D eigenvalue weighted by atomic mass is 10.0. The van der Waals surface area contributed by atoms with Crippen molar-refractivity contribution in [2.24, 2.45) is 0 Å². The van der Waals surface area contributed by atoms with Gasteiger partial charge in [0.25, 0.3) is 0 Å². The molecule has 0 N–H and O–H groups in total. The Balaban J connectivity index is 1.70. The van der Waals surface area contributed by atoms with Gasteiger partial charge in [0.15, 0.2) is 0 Å². The van der Waals surface area contributed by atoms with E-state index in [0.29, 0.717) is 5.56 Å². The zero-order valence-electron chi connectivity index (χ0n) is 18.2. The van der Waals surface area contributed by atoms with Gasteiger partial charge < -0.3 is 4.74 Å². The normalized spacial score (nSPS) is 12.9. The van der Waals surface area contributed by atoms with Gasteiger partial charge in [-0.15, -0.1) is 11.3 Å². The number of thiazole rings is 1. The Morgan fingerprint density at radius 3 is 2.45 bits per heavy atom. The molecule has 0 aliphatic heterocycles. The molecular formula is C24H27F3N2OS. The van der Waals surface area contributed by atoms with E-state index in [-0.39, 0.29) is 6.04 Å². The summed E-state index contributed by atoms with van der Waals surface area (Å²) in [4.78, 5) is 7.94. The summed E-state index contributed by atoms with van der Waals surface area (Å²) in [5.74, 6) is 0.861. The molecule has 0 bridgehead atoms. The second kappa shape index (κ2) is 9.83. The highest BCUT2D eigenvalue weighted by atomic mass is 32.1. The summed E-state index contributed by atoms with van der Waals surface area (Å²) in [5, 5.41) is 0.732. The third-order valence-corrected chi connectivity index (χ3v) is 6.79. The molecule has 166 valence electrons. The van der Waals surface area contributed by atoms with Gasteiger partial charge in [-0.1, -0.05) is 25.1 Å². The second-order valence-electron chi connectivity index (χ2n) is 7.49.